The van der Waals surface area contributed by atoms with Crippen LogP contribution in [0.4, 0.5) is 0 Å². The molecule has 5 nitrogen and oxygen atoms in total. The predicted octanol–water partition coefficient (Wildman–Crippen LogP) is 6.71. The summed E-state index contributed by atoms with van der Waals surface area (Å²) in [6.45, 7) is 13.7. The van der Waals surface area contributed by atoms with Crippen molar-refractivity contribution < 1.29 is 14.6 Å². The van der Waals surface area contributed by atoms with Crippen molar-refractivity contribution in [2.24, 2.45) is 7.05 Å². The van der Waals surface area contributed by atoms with Crippen LogP contribution in [-0.4, -0.2) is 26.2 Å². The first kappa shape index (κ1) is 24.3. The number of nitrogens with zero attached hydrogens (tertiary/aromatic N) is 2. The van der Waals surface area contributed by atoms with E-state index >= 15 is 0 Å². The maximum atomic E-state index is 12.5. The number of fused-ring (bicyclic) bond motifs is 1. The van der Waals surface area contributed by atoms with Gasteiger partial charge < -0.3 is 14.4 Å². The fourth-order valence-corrected chi connectivity index (χ4v) is 4.50. The van der Waals surface area contributed by atoms with Crippen LogP contribution in [0.15, 0.2) is 18.2 Å². The fourth-order valence-electron chi connectivity index (χ4n) is 4.29. The summed E-state index contributed by atoms with van der Waals surface area (Å²) >= 11 is 6.48. The maximum absolute atomic E-state index is 12.5. The number of aryl methyl sites for hydroxylation is 4. The predicted molar refractivity (Wildman–Crippen MR) is 131 cm³/mol. The molecule has 32 heavy (non-hydrogen) atoms. The zero-order chi connectivity index (χ0) is 24.0. The number of carboxylic acids is 1. The normalized spacial score (nSPS) is 13.0. The lowest BCUT2D eigenvalue weighted by atomic mass is 9.89. The van der Waals surface area contributed by atoms with Crippen molar-refractivity contribution in [2.75, 3.05) is 0 Å². The van der Waals surface area contributed by atoms with Crippen LogP contribution >= 0.6 is 11.6 Å². The monoisotopic (exact) mass is 456 g/mol. The number of carboxylic acid groups (broad SMARTS) is 1. The molecule has 3 rings (SSSR count). The summed E-state index contributed by atoms with van der Waals surface area (Å²) in [7, 11) is 1.99. The Hall–Kier alpha value is -2.37. The van der Waals surface area contributed by atoms with Crippen LogP contribution in [0.5, 0.6) is 0 Å². The van der Waals surface area contributed by atoms with Gasteiger partial charge in [0.2, 0.25) is 0 Å². The van der Waals surface area contributed by atoms with Crippen LogP contribution in [0.1, 0.15) is 68.3 Å². The number of hydrogen-bond donors (Lipinski definition) is 1. The molecule has 0 bridgehead atoms. The van der Waals surface area contributed by atoms with Gasteiger partial charge in [-0.25, -0.2) is 9.78 Å². The van der Waals surface area contributed by atoms with Crippen LogP contribution in [0, 0.1) is 20.8 Å². The Morgan fingerprint density at radius 2 is 1.91 bits per heavy atom. The van der Waals surface area contributed by atoms with Gasteiger partial charge in [0, 0.05) is 40.0 Å². The first-order valence-electron chi connectivity index (χ1n) is 11.0. The second-order valence-corrected chi connectivity index (χ2v) is 9.87. The van der Waals surface area contributed by atoms with Gasteiger partial charge in [0.15, 0.2) is 6.10 Å². The minimum Gasteiger partial charge on any atom is -0.479 e. The van der Waals surface area contributed by atoms with Crippen LogP contribution in [0.3, 0.4) is 0 Å². The van der Waals surface area contributed by atoms with Gasteiger partial charge in [-0.3, -0.25) is 0 Å². The largest absolute Gasteiger partial charge is 0.479 e. The molecule has 0 amide bonds. The molecule has 1 N–H and O–H groups in total. The zero-order valence-corrected chi connectivity index (χ0v) is 21.0. The highest BCUT2D eigenvalue weighted by Gasteiger charge is 2.33. The molecule has 0 aliphatic heterocycles. The van der Waals surface area contributed by atoms with Gasteiger partial charge in [0.1, 0.15) is 5.65 Å². The highest BCUT2D eigenvalue weighted by molar-refractivity contribution is 6.31. The highest BCUT2D eigenvalue weighted by Crippen LogP contribution is 2.42. The smallest absolute Gasteiger partial charge is 0.337 e. The topological polar surface area (TPSA) is 64.3 Å². The molecule has 3 aromatic rings. The molecular weight excluding hydrogens is 424 g/mol. The number of pyridine rings is 1. The number of halogens is 1. The molecule has 0 aliphatic carbocycles. The minimum atomic E-state index is -1.15. The summed E-state index contributed by atoms with van der Waals surface area (Å²) in [5, 5.41) is 11.9. The lowest BCUT2D eigenvalue weighted by Gasteiger charge is -2.28. The second-order valence-electron chi connectivity index (χ2n) is 9.46. The van der Waals surface area contributed by atoms with Crippen molar-refractivity contribution >= 4 is 28.6 Å². The van der Waals surface area contributed by atoms with Gasteiger partial charge in [0.05, 0.1) is 5.60 Å². The van der Waals surface area contributed by atoms with E-state index in [1.807, 2.05) is 46.9 Å². The minimum absolute atomic E-state index is 0.596. The molecular formula is C26H33ClN2O3. The van der Waals surface area contributed by atoms with E-state index in [1.54, 1.807) is 0 Å². The second kappa shape index (κ2) is 8.87. The summed E-state index contributed by atoms with van der Waals surface area (Å²) in [4.78, 5) is 17.3. The SMILES string of the molecule is CCCc1cc(-c2c([C@@H](OC(C)(C)C)C(=O)O)c(C)nc3c2c(C)c(C)n3C)ccc1Cl. The van der Waals surface area contributed by atoms with Gasteiger partial charge in [-0.05, 0) is 76.8 Å². The number of rotatable bonds is 6. The Kier molecular flexibility index (Phi) is 6.73. The van der Waals surface area contributed by atoms with E-state index in [1.165, 1.54) is 0 Å². The number of carbonyl (C=O) groups is 1. The summed E-state index contributed by atoms with van der Waals surface area (Å²) in [6.07, 6.45) is 0.671. The summed E-state index contributed by atoms with van der Waals surface area (Å²) in [5.41, 5.74) is 6.46. The van der Waals surface area contributed by atoms with Gasteiger partial charge >= 0.3 is 5.97 Å². The van der Waals surface area contributed by atoms with E-state index < -0.39 is 17.7 Å². The average Bonchev–Trinajstić information content (AvgIpc) is 2.90. The lowest BCUT2D eigenvalue weighted by molar-refractivity contribution is -0.160. The molecule has 1 aromatic carbocycles. The molecule has 6 heteroatoms. The van der Waals surface area contributed by atoms with E-state index in [0.717, 1.165) is 56.8 Å². The number of hydrogen-bond acceptors (Lipinski definition) is 3. The van der Waals surface area contributed by atoms with Gasteiger partial charge in [-0.2, -0.15) is 0 Å². The Labute approximate surface area is 195 Å². The van der Waals surface area contributed by atoms with Crippen molar-refractivity contribution in [2.45, 2.75) is 73.0 Å². The van der Waals surface area contributed by atoms with Crippen LogP contribution in [0.25, 0.3) is 22.2 Å². The quantitative estimate of drug-likeness (QED) is 0.447. The van der Waals surface area contributed by atoms with Crippen LogP contribution in [-0.2, 0) is 23.0 Å². The van der Waals surface area contributed by atoms with E-state index in [0.29, 0.717) is 11.3 Å². The van der Waals surface area contributed by atoms with E-state index in [2.05, 4.69) is 31.4 Å². The Morgan fingerprint density at radius 1 is 1.25 bits per heavy atom. The van der Waals surface area contributed by atoms with E-state index in [9.17, 15) is 9.90 Å². The average molecular weight is 457 g/mol. The molecule has 0 saturated heterocycles. The Bertz CT molecular complexity index is 1190. The lowest BCUT2D eigenvalue weighted by Crippen LogP contribution is -2.28. The van der Waals surface area contributed by atoms with E-state index in [-0.39, 0.29) is 0 Å². The summed E-state index contributed by atoms with van der Waals surface area (Å²) in [5.74, 6) is -1.03. The zero-order valence-electron chi connectivity index (χ0n) is 20.3. The Balaban J connectivity index is 2.48. The molecule has 0 fully saturated rings. The third-order valence-electron chi connectivity index (χ3n) is 5.96. The number of ether oxygens (including phenoxy) is 1. The molecule has 0 unspecified atom stereocenters. The van der Waals surface area contributed by atoms with Crippen LogP contribution < -0.4 is 0 Å². The first-order chi connectivity index (χ1) is 14.9. The molecule has 0 aliphatic rings. The molecule has 0 radical (unpaired) electrons. The van der Waals surface area contributed by atoms with Gasteiger partial charge in [-0.15, -0.1) is 0 Å². The third kappa shape index (κ3) is 4.41. The van der Waals surface area contributed by atoms with Crippen LogP contribution in [0.2, 0.25) is 5.02 Å². The molecule has 1 atom stereocenters. The molecule has 2 heterocycles. The van der Waals surface area contributed by atoms with Crippen molar-refractivity contribution in [3.8, 4) is 11.1 Å². The van der Waals surface area contributed by atoms with Crippen molar-refractivity contribution in [1.82, 2.24) is 9.55 Å². The maximum Gasteiger partial charge on any atom is 0.337 e. The first-order valence-corrected chi connectivity index (χ1v) is 11.4. The van der Waals surface area contributed by atoms with Gasteiger partial charge in [-0.1, -0.05) is 31.0 Å². The summed E-state index contributed by atoms with van der Waals surface area (Å²) in [6, 6.07) is 5.96. The van der Waals surface area contributed by atoms with E-state index in [4.69, 9.17) is 21.3 Å². The third-order valence-corrected chi connectivity index (χ3v) is 6.33. The van der Waals surface area contributed by atoms with Crippen molar-refractivity contribution in [3.05, 3.63) is 51.3 Å². The number of aliphatic carboxylic acids is 1. The molecule has 172 valence electrons. The molecule has 0 saturated carbocycles. The standard InChI is InChI=1S/C26H33ClN2O3/c1-9-10-17-13-18(11-12-19(17)27)22-20-14(2)16(4)29(8)24(20)28-15(3)21(22)23(25(30)31)32-26(5,6)7/h11-13,23H,9-10H2,1-8H3,(H,30,31)/t23-/m1/s1. The highest BCUT2D eigenvalue weighted by atomic mass is 35.5. The Morgan fingerprint density at radius 3 is 2.47 bits per heavy atom. The van der Waals surface area contributed by atoms with Gasteiger partial charge in [0.25, 0.3) is 0 Å². The van der Waals surface area contributed by atoms with Crippen molar-refractivity contribution in [3.63, 3.8) is 0 Å². The number of benzene rings is 1. The molecule has 0 spiro atoms. The van der Waals surface area contributed by atoms with Crippen molar-refractivity contribution in [1.29, 1.82) is 0 Å². The molecule has 2 aromatic heterocycles. The fraction of sp³-hybridized carbons (Fsp3) is 0.462. The number of aromatic nitrogens is 2. The summed E-state index contributed by atoms with van der Waals surface area (Å²) < 4.78 is 8.15.